The van der Waals surface area contributed by atoms with Gasteiger partial charge in [0, 0.05) is 30.7 Å². The lowest BCUT2D eigenvalue weighted by molar-refractivity contribution is -0.192. The Labute approximate surface area is 188 Å². The Morgan fingerprint density at radius 1 is 1.15 bits per heavy atom. The van der Waals surface area contributed by atoms with Crippen LogP contribution in [0.3, 0.4) is 0 Å². The summed E-state index contributed by atoms with van der Waals surface area (Å²) >= 11 is 0. The van der Waals surface area contributed by atoms with E-state index < -0.39 is 22.2 Å². The van der Waals surface area contributed by atoms with Crippen LogP contribution in [-0.2, 0) is 21.4 Å². The van der Waals surface area contributed by atoms with Gasteiger partial charge in [0.25, 0.3) is 10.0 Å². The number of aliphatic hydroxyl groups is 1. The molecular formula is C21H23F3N2O6S. The molecule has 0 radical (unpaired) electrons. The van der Waals surface area contributed by atoms with Crippen LogP contribution in [0, 0.1) is 0 Å². The highest BCUT2D eigenvalue weighted by Gasteiger charge is 2.38. The van der Waals surface area contributed by atoms with Crippen LogP contribution in [0.4, 0.5) is 13.2 Å². The van der Waals surface area contributed by atoms with Crippen molar-refractivity contribution in [2.45, 2.75) is 17.6 Å². The largest absolute Gasteiger partial charge is 0.497 e. The van der Waals surface area contributed by atoms with Crippen LogP contribution in [0.1, 0.15) is 5.56 Å². The Bertz CT molecular complexity index is 1190. The van der Waals surface area contributed by atoms with Gasteiger partial charge < -0.3 is 14.9 Å². The van der Waals surface area contributed by atoms with Crippen LogP contribution in [0.2, 0.25) is 0 Å². The Morgan fingerprint density at radius 3 is 2.27 bits per heavy atom. The van der Waals surface area contributed by atoms with E-state index in [4.69, 9.17) is 19.7 Å². The number of fused-ring (bicyclic) bond motifs is 1. The van der Waals surface area contributed by atoms with E-state index in [0.29, 0.717) is 24.4 Å². The first-order valence-corrected chi connectivity index (χ1v) is 10.9. The van der Waals surface area contributed by atoms with Gasteiger partial charge in [-0.2, -0.15) is 13.2 Å². The van der Waals surface area contributed by atoms with E-state index in [-0.39, 0.29) is 11.5 Å². The zero-order valence-electron chi connectivity index (χ0n) is 17.8. The number of benzene rings is 2. The average Bonchev–Trinajstić information content (AvgIpc) is 3.19. The van der Waals surface area contributed by atoms with Crippen LogP contribution in [0.25, 0.3) is 10.9 Å². The van der Waals surface area contributed by atoms with E-state index in [9.17, 15) is 21.6 Å². The zero-order chi connectivity index (χ0) is 24.8. The van der Waals surface area contributed by atoms with E-state index >= 15 is 0 Å². The summed E-state index contributed by atoms with van der Waals surface area (Å²) in [6.45, 7) is 1.17. The standard InChI is InChI=1S/C19H22N2O4S.C2HF3O2/c1-20(10-11-22)14-15-12-16(25-2)13-19-18(15)8-9-21(19)26(23,24)17-6-4-3-5-7-17;3-2(4,5)1(6)7/h3-9,12-13,22H,10-11,14H2,1-2H3;(H,6,7). The molecule has 2 N–H and O–H groups in total. The number of halogens is 3. The van der Waals surface area contributed by atoms with Gasteiger partial charge in [0.05, 0.1) is 24.1 Å². The lowest BCUT2D eigenvalue weighted by Gasteiger charge is -2.17. The summed E-state index contributed by atoms with van der Waals surface area (Å²) < 4.78 is 64.4. The molecule has 3 rings (SSSR count). The molecule has 0 aliphatic rings. The summed E-state index contributed by atoms with van der Waals surface area (Å²) in [5, 5.41) is 17.1. The molecule has 0 aliphatic heterocycles. The van der Waals surface area contributed by atoms with Crippen molar-refractivity contribution in [2.24, 2.45) is 0 Å². The number of likely N-dealkylation sites (N-methyl/N-ethyl adjacent to an activating group) is 1. The number of carboxylic acids is 1. The van der Waals surface area contributed by atoms with E-state index in [0.717, 1.165) is 10.9 Å². The predicted molar refractivity (Wildman–Crippen MR) is 115 cm³/mol. The highest BCUT2D eigenvalue weighted by atomic mass is 32.2. The molecular weight excluding hydrogens is 465 g/mol. The van der Waals surface area contributed by atoms with Crippen LogP contribution in [0.15, 0.2) is 59.6 Å². The molecule has 3 aromatic rings. The van der Waals surface area contributed by atoms with Crippen LogP contribution in [0.5, 0.6) is 5.75 Å². The summed E-state index contributed by atoms with van der Waals surface area (Å²) in [5.41, 5.74) is 1.51. The van der Waals surface area contributed by atoms with E-state index in [2.05, 4.69) is 0 Å². The quantitative estimate of drug-likeness (QED) is 0.526. The number of aliphatic carboxylic acids is 1. The highest BCUT2D eigenvalue weighted by molar-refractivity contribution is 7.90. The predicted octanol–water partition coefficient (Wildman–Crippen LogP) is 2.94. The summed E-state index contributed by atoms with van der Waals surface area (Å²) in [7, 11) is -0.236. The molecule has 33 heavy (non-hydrogen) atoms. The van der Waals surface area contributed by atoms with Gasteiger partial charge in [-0.3, -0.25) is 4.90 Å². The van der Waals surface area contributed by atoms with Gasteiger partial charge in [0.2, 0.25) is 0 Å². The van der Waals surface area contributed by atoms with Crippen LogP contribution in [-0.4, -0.2) is 67.0 Å². The molecule has 0 amide bonds. The van der Waals surface area contributed by atoms with Crippen molar-refractivity contribution >= 4 is 26.9 Å². The molecule has 1 heterocycles. The fourth-order valence-electron chi connectivity index (χ4n) is 2.97. The van der Waals surface area contributed by atoms with Gasteiger partial charge in [-0.1, -0.05) is 18.2 Å². The Morgan fingerprint density at radius 2 is 1.76 bits per heavy atom. The molecule has 8 nitrogen and oxygen atoms in total. The first-order valence-electron chi connectivity index (χ1n) is 9.50. The first kappa shape index (κ1) is 26.2. The Hall–Kier alpha value is -3.09. The van der Waals surface area contributed by atoms with E-state index in [1.165, 1.54) is 3.97 Å². The van der Waals surface area contributed by atoms with Gasteiger partial charge >= 0.3 is 12.1 Å². The number of rotatable bonds is 7. The van der Waals surface area contributed by atoms with Crippen molar-refractivity contribution in [3.63, 3.8) is 0 Å². The molecule has 0 aliphatic carbocycles. The van der Waals surface area contributed by atoms with E-state index in [1.54, 1.807) is 55.8 Å². The van der Waals surface area contributed by atoms with Crippen molar-refractivity contribution in [1.82, 2.24) is 8.87 Å². The summed E-state index contributed by atoms with van der Waals surface area (Å²) in [5.74, 6) is -2.17. The number of nitrogens with zero attached hydrogens (tertiary/aromatic N) is 2. The molecule has 2 aromatic carbocycles. The molecule has 0 atom stereocenters. The van der Waals surface area contributed by atoms with Gasteiger partial charge in [-0.05, 0) is 36.9 Å². The number of aromatic nitrogens is 1. The van der Waals surface area contributed by atoms with Gasteiger partial charge in [0.15, 0.2) is 0 Å². The summed E-state index contributed by atoms with van der Waals surface area (Å²) in [4.78, 5) is 11.1. The second kappa shape index (κ2) is 10.7. The maximum Gasteiger partial charge on any atom is 0.490 e. The van der Waals surface area contributed by atoms with E-state index in [1.807, 2.05) is 18.0 Å². The fourth-order valence-corrected chi connectivity index (χ4v) is 4.33. The lowest BCUT2D eigenvalue weighted by Crippen LogP contribution is -2.21. The average molecular weight is 488 g/mol. The maximum absolute atomic E-state index is 13.0. The molecule has 0 bridgehead atoms. The Balaban J connectivity index is 0.000000479. The van der Waals surface area contributed by atoms with Crippen molar-refractivity contribution in [3.05, 3.63) is 60.3 Å². The number of ether oxygens (including phenoxy) is 1. The topological polar surface area (TPSA) is 109 Å². The highest BCUT2D eigenvalue weighted by Crippen LogP contribution is 2.30. The lowest BCUT2D eigenvalue weighted by atomic mass is 10.1. The first-order chi connectivity index (χ1) is 15.4. The molecule has 0 unspecified atom stereocenters. The van der Waals surface area contributed by atoms with Crippen molar-refractivity contribution in [1.29, 1.82) is 0 Å². The van der Waals surface area contributed by atoms with Gasteiger partial charge in [-0.15, -0.1) is 0 Å². The number of carboxylic acid groups (broad SMARTS) is 1. The second-order valence-electron chi connectivity index (χ2n) is 6.91. The number of alkyl halides is 3. The molecule has 12 heteroatoms. The molecule has 0 saturated carbocycles. The molecule has 1 aromatic heterocycles. The monoisotopic (exact) mass is 488 g/mol. The smallest absolute Gasteiger partial charge is 0.490 e. The zero-order valence-corrected chi connectivity index (χ0v) is 18.6. The number of carbonyl (C=O) groups is 1. The third-order valence-electron chi connectivity index (χ3n) is 4.53. The summed E-state index contributed by atoms with van der Waals surface area (Å²) in [6.07, 6.45) is -3.51. The fraction of sp³-hybridized carbons (Fsp3) is 0.286. The van der Waals surface area contributed by atoms with Gasteiger partial charge in [0.1, 0.15) is 5.75 Å². The number of hydrogen-bond donors (Lipinski definition) is 2. The minimum atomic E-state index is -5.08. The SMILES string of the molecule is COc1cc(CN(C)CCO)c2ccn(S(=O)(=O)c3ccccc3)c2c1.O=C(O)C(F)(F)F. The molecule has 180 valence electrons. The van der Waals surface area contributed by atoms with Crippen molar-refractivity contribution < 1.29 is 41.3 Å². The van der Waals surface area contributed by atoms with Crippen LogP contribution < -0.4 is 4.74 Å². The minimum Gasteiger partial charge on any atom is -0.497 e. The van der Waals surface area contributed by atoms with Crippen molar-refractivity contribution in [2.75, 3.05) is 27.3 Å². The number of methoxy groups -OCH3 is 1. The molecule has 0 fully saturated rings. The van der Waals surface area contributed by atoms with Crippen molar-refractivity contribution in [3.8, 4) is 5.75 Å². The van der Waals surface area contributed by atoms with Crippen LogP contribution >= 0.6 is 0 Å². The third kappa shape index (κ3) is 6.46. The molecule has 0 spiro atoms. The third-order valence-corrected chi connectivity index (χ3v) is 6.24. The Kier molecular flexibility index (Phi) is 8.47. The summed E-state index contributed by atoms with van der Waals surface area (Å²) in [6, 6.07) is 13.8. The van der Waals surface area contributed by atoms with Gasteiger partial charge in [-0.25, -0.2) is 17.2 Å². The second-order valence-corrected chi connectivity index (χ2v) is 8.73. The molecule has 0 saturated heterocycles. The number of hydrogen-bond acceptors (Lipinski definition) is 6. The normalized spacial score (nSPS) is 11.8. The maximum atomic E-state index is 13.0. The number of aliphatic hydroxyl groups excluding tert-OH is 1. The minimum absolute atomic E-state index is 0.0625.